The largest absolute Gasteiger partial charge is 0.249 e. The van der Waals surface area contributed by atoms with Gasteiger partial charge in [-0.25, -0.2) is 4.98 Å². The number of halogens is 2. The molecule has 0 N–H and O–H groups in total. The first kappa shape index (κ1) is 10.0. The lowest BCUT2D eigenvalue weighted by Gasteiger charge is -2.19. The Labute approximate surface area is 86.3 Å². The van der Waals surface area contributed by atoms with Crippen LogP contribution in [0.1, 0.15) is 26.3 Å². The fourth-order valence-electron chi connectivity index (χ4n) is 0.959. The first-order chi connectivity index (χ1) is 5.41. The van der Waals surface area contributed by atoms with E-state index in [0.717, 1.165) is 15.2 Å². The smallest absolute Gasteiger partial charge is 0.107 e. The Morgan fingerprint density at radius 1 is 1.42 bits per heavy atom. The van der Waals surface area contributed by atoms with Crippen molar-refractivity contribution >= 4 is 27.5 Å². The van der Waals surface area contributed by atoms with Crippen LogP contribution >= 0.6 is 27.5 Å². The van der Waals surface area contributed by atoms with Gasteiger partial charge in [0.15, 0.2) is 0 Å². The highest BCUT2D eigenvalue weighted by Gasteiger charge is 2.17. The predicted molar refractivity (Wildman–Crippen MR) is 55.6 cm³/mol. The summed E-state index contributed by atoms with van der Waals surface area (Å²) >= 11 is 9.31. The normalized spacial score (nSPS) is 11.8. The van der Waals surface area contributed by atoms with Crippen LogP contribution in [-0.4, -0.2) is 4.98 Å². The predicted octanol–water partition coefficient (Wildman–Crippen LogP) is 3.80. The van der Waals surface area contributed by atoms with E-state index in [4.69, 9.17) is 11.6 Å². The van der Waals surface area contributed by atoms with Crippen molar-refractivity contribution in [2.24, 2.45) is 0 Å². The van der Waals surface area contributed by atoms with Crippen molar-refractivity contribution in [1.82, 2.24) is 4.98 Å². The Morgan fingerprint density at radius 3 is 2.42 bits per heavy atom. The van der Waals surface area contributed by atoms with Gasteiger partial charge >= 0.3 is 0 Å². The molecule has 12 heavy (non-hydrogen) atoms. The first-order valence-corrected chi connectivity index (χ1v) is 4.90. The second-order valence-electron chi connectivity index (χ2n) is 3.74. The van der Waals surface area contributed by atoms with E-state index in [2.05, 4.69) is 41.7 Å². The number of hydrogen-bond donors (Lipinski definition) is 0. The van der Waals surface area contributed by atoms with Gasteiger partial charge in [-0.05, 0) is 33.0 Å². The molecule has 0 aliphatic carbocycles. The van der Waals surface area contributed by atoms with Gasteiger partial charge in [-0.15, -0.1) is 0 Å². The minimum atomic E-state index is 0.0603. The first-order valence-electron chi connectivity index (χ1n) is 3.73. The van der Waals surface area contributed by atoms with Gasteiger partial charge in [0.1, 0.15) is 4.60 Å². The van der Waals surface area contributed by atoms with Crippen LogP contribution in [0.4, 0.5) is 0 Å². The summed E-state index contributed by atoms with van der Waals surface area (Å²) in [5.74, 6) is 0. The van der Waals surface area contributed by atoms with Gasteiger partial charge in [-0.1, -0.05) is 32.4 Å². The molecule has 3 heteroatoms. The van der Waals surface area contributed by atoms with Crippen molar-refractivity contribution in [3.63, 3.8) is 0 Å². The maximum Gasteiger partial charge on any atom is 0.107 e. The Hall–Kier alpha value is -0.0800. The highest BCUT2D eigenvalue weighted by molar-refractivity contribution is 9.10. The molecule has 0 bridgehead atoms. The van der Waals surface area contributed by atoms with E-state index in [1.165, 1.54) is 0 Å². The van der Waals surface area contributed by atoms with Crippen LogP contribution in [0.25, 0.3) is 0 Å². The summed E-state index contributed by atoms with van der Waals surface area (Å²) in [7, 11) is 0. The molecule has 0 spiro atoms. The molecule has 1 rings (SSSR count). The van der Waals surface area contributed by atoms with E-state index in [1.54, 1.807) is 0 Å². The number of aromatic nitrogens is 1. The van der Waals surface area contributed by atoms with Crippen molar-refractivity contribution in [2.45, 2.75) is 26.2 Å². The van der Waals surface area contributed by atoms with Gasteiger partial charge < -0.3 is 0 Å². The third-order valence-corrected chi connectivity index (χ3v) is 2.37. The minimum absolute atomic E-state index is 0.0603. The van der Waals surface area contributed by atoms with Crippen molar-refractivity contribution < 1.29 is 0 Å². The van der Waals surface area contributed by atoms with Crippen LogP contribution in [0, 0.1) is 0 Å². The van der Waals surface area contributed by atoms with E-state index in [0.29, 0.717) is 0 Å². The molecular weight excluding hydrogens is 237 g/mol. The molecule has 0 amide bonds. The Bertz CT molecular complexity index is 291. The quantitative estimate of drug-likeness (QED) is 0.637. The Kier molecular flexibility index (Phi) is 2.79. The van der Waals surface area contributed by atoms with Crippen LogP contribution in [0.5, 0.6) is 0 Å². The van der Waals surface area contributed by atoms with Gasteiger partial charge in [-0.2, -0.15) is 0 Å². The van der Waals surface area contributed by atoms with Crippen LogP contribution in [0.15, 0.2) is 16.9 Å². The molecule has 1 aromatic rings. The maximum absolute atomic E-state index is 6.04. The van der Waals surface area contributed by atoms with Gasteiger partial charge in [0.05, 0.1) is 0 Å². The van der Waals surface area contributed by atoms with Gasteiger partial charge in [0.25, 0.3) is 0 Å². The summed E-state index contributed by atoms with van der Waals surface area (Å²) in [6, 6.07) is 1.82. The van der Waals surface area contributed by atoms with E-state index < -0.39 is 0 Å². The second-order valence-corrected chi connectivity index (χ2v) is 4.96. The molecule has 0 saturated heterocycles. The summed E-state index contributed by atoms with van der Waals surface area (Å²) < 4.78 is 0.778. The van der Waals surface area contributed by atoms with E-state index in [-0.39, 0.29) is 5.41 Å². The van der Waals surface area contributed by atoms with Crippen LogP contribution in [0.3, 0.4) is 0 Å². The number of hydrogen-bond acceptors (Lipinski definition) is 1. The zero-order chi connectivity index (χ0) is 9.35. The lowest BCUT2D eigenvalue weighted by Crippen LogP contribution is -2.12. The van der Waals surface area contributed by atoms with Gasteiger partial charge in [0.2, 0.25) is 0 Å². The maximum atomic E-state index is 6.04. The molecule has 1 nitrogen and oxygen atoms in total. The van der Waals surface area contributed by atoms with Crippen molar-refractivity contribution in [1.29, 1.82) is 0 Å². The summed E-state index contributed by atoms with van der Waals surface area (Å²) in [5.41, 5.74) is 1.14. The van der Waals surface area contributed by atoms with Crippen molar-refractivity contribution in [3.8, 4) is 0 Å². The van der Waals surface area contributed by atoms with Crippen LogP contribution in [0.2, 0.25) is 5.02 Å². The lowest BCUT2D eigenvalue weighted by molar-refractivity contribution is 0.587. The van der Waals surface area contributed by atoms with Gasteiger partial charge in [0, 0.05) is 11.2 Å². The molecule has 66 valence electrons. The molecule has 0 radical (unpaired) electrons. The number of rotatable bonds is 0. The monoisotopic (exact) mass is 247 g/mol. The molecule has 1 aromatic heterocycles. The van der Waals surface area contributed by atoms with Gasteiger partial charge in [-0.3, -0.25) is 0 Å². The Balaban J connectivity index is 3.19. The molecule has 0 saturated carbocycles. The van der Waals surface area contributed by atoms with E-state index in [9.17, 15) is 0 Å². The summed E-state index contributed by atoms with van der Waals surface area (Å²) in [4.78, 5) is 4.14. The molecule has 1 heterocycles. The summed E-state index contributed by atoms with van der Waals surface area (Å²) in [5, 5.41) is 0.768. The topological polar surface area (TPSA) is 12.9 Å². The fourth-order valence-corrected chi connectivity index (χ4v) is 1.86. The van der Waals surface area contributed by atoms with Crippen LogP contribution in [-0.2, 0) is 5.41 Å². The van der Waals surface area contributed by atoms with E-state index in [1.807, 2.05) is 12.3 Å². The van der Waals surface area contributed by atoms with Crippen LogP contribution < -0.4 is 0 Å². The molecule has 0 aliphatic rings. The highest BCUT2D eigenvalue weighted by Crippen LogP contribution is 2.29. The number of nitrogens with zero attached hydrogens (tertiary/aromatic N) is 1. The van der Waals surface area contributed by atoms with Crippen molar-refractivity contribution in [3.05, 3.63) is 27.5 Å². The standard InChI is InChI=1S/C9H11BrClN/c1-9(2,3)6-5-12-8(10)4-7(6)11/h4-5H,1-3H3. The number of pyridine rings is 1. The third kappa shape index (κ3) is 2.20. The molecule has 0 aromatic carbocycles. The summed E-state index contributed by atoms with van der Waals surface area (Å²) in [6.07, 6.45) is 1.81. The average Bonchev–Trinajstić information content (AvgIpc) is 1.83. The Morgan fingerprint density at radius 2 is 2.00 bits per heavy atom. The lowest BCUT2D eigenvalue weighted by atomic mass is 9.88. The molecule has 0 fully saturated rings. The van der Waals surface area contributed by atoms with Crippen molar-refractivity contribution in [2.75, 3.05) is 0 Å². The highest BCUT2D eigenvalue weighted by atomic mass is 79.9. The van der Waals surface area contributed by atoms with E-state index >= 15 is 0 Å². The second kappa shape index (κ2) is 3.35. The molecular formula is C9H11BrClN. The molecule has 0 unspecified atom stereocenters. The zero-order valence-corrected chi connectivity index (χ0v) is 9.70. The third-order valence-electron chi connectivity index (χ3n) is 1.63. The zero-order valence-electron chi connectivity index (χ0n) is 7.36. The molecule has 0 aliphatic heterocycles. The minimum Gasteiger partial charge on any atom is -0.249 e. The SMILES string of the molecule is CC(C)(C)c1cnc(Br)cc1Cl. The average molecular weight is 249 g/mol. The fraction of sp³-hybridized carbons (Fsp3) is 0.444. The summed E-state index contributed by atoms with van der Waals surface area (Å²) in [6.45, 7) is 6.34. The molecule has 0 atom stereocenters.